The lowest BCUT2D eigenvalue weighted by Gasteiger charge is -2.33. The van der Waals surface area contributed by atoms with Crippen LogP contribution in [0.5, 0.6) is 5.75 Å². The van der Waals surface area contributed by atoms with E-state index in [4.69, 9.17) is 4.74 Å². The smallest absolute Gasteiger partial charge is 0.244 e. The van der Waals surface area contributed by atoms with Gasteiger partial charge in [-0.25, -0.2) is 8.42 Å². The zero-order chi connectivity index (χ0) is 27.7. The molecule has 38 heavy (non-hydrogen) atoms. The maximum atomic E-state index is 14.0. The van der Waals surface area contributed by atoms with Crippen LogP contribution in [-0.2, 0) is 32.6 Å². The van der Waals surface area contributed by atoms with Crippen LogP contribution in [0.15, 0.2) is 78.9 Å². The fourth-order valence-corrected chi connectivity index (χ4v) is 5.14. The summed E-state index contributed by atoms with van der Waals surface area (Å²) < 4.78 is 32.2. The summed E-state index contributed by atoms with van der Waals surface area (Å²) in [5, 5.41) is 2.85. The Morgan fingerprint density at radius 1 is 0.947 bits per heavy atom. The van der Waals surface area contributed by atoms with Crippen molar-refractivity contribution < 1.29 is 22.7 Å². The Labute approximate surface area is 225 Å². The molecule has 0 aromatic heterocycles. The summed E-state index contributed by atoms with van der Waals surface area (Å²) >= 11 is 0. The third-order valence-corrected chi connectivity index (χ3v) is 7.22. The van der Waals surface area contributed by atoms with E-state index in [-0.39, 0.29) is 24.6 Å². The second kappa shape index (κ2) is 13.1. The zero-order valence-electron chi connectivity index (χ0n) is 22.3. The van der Waals surface area contributed by atoms with Gasteiger partial charge in [0, 0.05) is 19.5 Å². The van der Waals surface area contributed by atoms with Crippen LogP contribution in [0.25, 0.3) is 0 Å². The normalized spacial score (nSPS) is 11.9. The summed E-state index contributed by atoms with van der Waals surface area (Å²) in [6.07, 6.45) is 1.32. The third-order valence-electron chi connectivity index (χ3n) is 6.09. The first kappa shape index (κ1) is 28.7. The minimum atomic E-state index is -3.87. The van der Waals surface area contributed by atoms with Crippen LogP contribution in [0.3, 0.4) is 0 Å². The third kappa shape index (κ3) is 7.58. The van der Waals surface area contributed by atoms with Gasteiger partial charge in [0.25, 0.3) is 0 Å². The van der Waals surface area contributed by atoms with Gasteiger partial charge in [-0.15, -0.1) is 0 Å². The van der Waals surface area contributed by atoms with Gasteiger partial charge in [-0.3, -0.25) is 13.9 Å². The van der Waals surface area contributed by atoms with E-state index in [0.29, 0.717) is 12.3 Å². The van der Waals surface area contributed by atoms with Gasteiger partial charge in [0.1, 0.15) is 18.3 Å². The number of amides is 2. The number of hydrogen-bond donors (Lipinski definition) is 1. The Bertz CT molecular complexity index is 1350. The fraction of sp³-hybridized carbons (Fsp3) is 0.310. The van der Waals surface area contributed by atoms with E-state index in [0.717, 1.165) is 27.3 Å². The monoisotopic (exact) mass is 537 g/mol. The van der Waals surface area contributed by atoms with Gasteiger partial charge >= 0.3 is 0 Å². The van der Waals surface area contributed by atoms with Crippen LogP contribution in [0.2, 0.25) is 0 Å². The van der Waals surface area contributed by atoms with E-state index >= 15 is 0 Å². The van der Waals surface area contributed by atoms with Crippen molar-refractivity contribution in [1.29, 1.82) is 0 Å². The Kier molecular flexibility index (Phi) is 9.90. The number of anilines is 1. The van der Waals surface area contributed by atoms with E-state index in [9.17, 15) is 18.0 Å². The van der Waals surface area contributed by atoms with Crippen LogP contribution in [-0.4, -0.2) is 57.6 Å². The quantitative estimate of drug-likeness (QED) is 0.381. The Hall–Kier alpha value is -3.85. The number of hydrogen-bond acceptors (Lipinski definition) is 5. The molecule has 0 bridgehead atoms. The van der Waals surface area contributed by atoms with Crippen LogP contribution >= 0.6 is 0 Å². The van der Waals surface area contributed by atoms with Crippen molar-refractivity contribution in [3.05, 3.63) is 95.6 Å². The van der Waals surface area contributed by atoms with Crippen molar-refractivity contribution >= 4 is 27.5 Å². The predicted octanol–water partition coefficient (Wildman–Crippen LogP) is 3.55. The van der Waals surface area contributed by atoms with E-state index in [2.05, 4.69) is 5.32 Å². The number of nitrogens with zero attached hydrogens (tertiary/aromatic N) is 2. The average molecular weight is 538 g/mol. The minimum absolute atomic E-state index is 0.138. The molecule has 0 aliphatic rings. The lowest BCUT2D eigenvalue weighted by Crippen LogP contribution is -2.53. The highest BCUT2D eigenvalue weighted by molar-refractivity contribution is 7.92. The fourth-order valence-electron chi connectivity index (χ4n) is 4.28. The highest BCUT2D eigenvalue weighted by Gasteiger charge is 2.33. The van der Waals surface area contributed by atoms with Gasteiger partial charge in [-0.1, -0.05) is 72.3 Å². The molecule has 0 radical (unpaired) electrons. The maximum absolute atomic E-state index is 14.0. The summed E-state index contributed by atoms with van der Waals surface area (Å²) in [6, 6.07) is 22.9. The molecule has 0 aliphatic carbocycles. The number of rotatable bonds is 12. The predicted molar refractivity (Wildman–Crippen MR) is 150 cm³/mol. The highest BCUT2D eigenvalue weighted by Crippen LogP contribution is 2.30. The Balaban J connectivity index is 2.06. The number of sulfonamides is 1. The lowest BCUT2D eigenvalue weighted by molar-refractivity contribution is -0.140. The van der Waals surface area contributed by atoms with Crippen molar-refractivity contribution in [1.82, 2.24) is 10.2 Å². The van der Waals surface area contributed by atoms with Gasteiger partial charge < -0.3 is 15.0 Å². The molecule has 2 amide bonds. The first-order valence-corrected chi connectivity index (χ1v) is 14.3. The number of methoxy groups -OCH3 is 1. The molecular formula is C29H35N3O5S. The van der Waals surface area contributed by atoms with Crippen molar-refractivity contribution in [2.24, 2.45) is 0 Å². The highest BCUT2D eigenvalue weighted by atomic mass is 32.2. The summed E-state index contributed by atoms with van der Waals surface area (Å²) in [6.45, 7) is 3.81. The molecule has 0 saturated carbocycles. The molecule has 0 spiro atoms. The molecule has 1 atom stereocenters. The zero-order valence-corrected chi connectivity index (χ0v) is 23.1. The molecule has 0 fully saturated rings. The Morgan fingerprint density at radius 3 is 2.24 bits per heavy atom. The van der Waals surface area contributed by atoms with Gasteiger partial charge in [0.05, 0.1) is 19.1 Å². The number of benzene rings is 3. The lowest BCUT2D eigenvalue weighted by atomic mass is 10.0. The number of aryl methyl sites for hydroxylation is 1. The molecule has 1 N–H and O–H groups in total. The average Bonchev–Trinajstić information content (AvgIpc) is 2.89. The molecular weight excluding hydrogens is 502 g/mol. The van der Waals surface area contributed by atoms with Crippen molar-refractivity contribution in [2.75, 3.05) is 30.8 Å². The summed E-state index contributed by atoms with van der Waals surface area (Å²) in [5.41, 5.74) is 2.98. The molecule has 0 heterocycles. The van der Waals surface area contributed by atoms with Crippen molar-refractivity contribution in [2.45, 2.75) is 32.9 Å². The van der Waals surface area contributed by atoms with Gasteiger partial charge in [-0.05, 0) is 37.1 Å². The number of carbonyl (C=O) groups is 2. The molecule has 3 aromatic rings. The standard InChI is InChI=1S/C29H35N3O5S/c1-5-30-29(34)26(19-23-13-7-6-8-14-23)31(20-24-15-11-12-22(2)18-24)28(33)21-32(38(4,35)36)25-16-9-10-17-27(25)37-3/h6-18,26H,5,19-21H2,1-4H3,(H,30,34)/t26-/m1/s1. The number of likely N-dealkylation sites (N-methyl/N-ethyl adjacent to an activating group) is 1. The molecule has 0 saturated heterocycles. The maximum Gasteiger partial charge on any atom is 0.244 e. The van der Waals surface area contributed by atoms with E-state index in [1.54, 1.807) is 24.3 Å². The SMILES string of the molecule is CCNC(=O)[C@@H](Cc1ccccc1)N(Cc1cccc(C)c1)C(=O)CN(c1ccccc1OC)S(C)(=O)=O. The molecule has 3 rings (SSSR count). The minimum Gasteiger partial charge on any atom is -0.495 e. The first-order chi connectivity index (χ1) is 18.1. The Morgan fingerprint density at radius 2 is 1.61 bits per heavy atom. The van der Waals surface area contributed by atoms with E-state index < -0.39 is 28.5 Å². The number of carbonyl (C=O) groups excluding carboxylic acids is 2. The number of nitrogens with one attached hydrogen (secondary N) is 1. The summed E-state index contributed by atoms with van der Waals surface area (Å²) in [7, 11) is -2.43. The number of para-hydroxylation sites is 2. The van der Waals surface area contributed by atoms with Crippen molar-refractivity contribution in [3.8, 4) is 5.75 Å². The largest absolute Gasteiger partial charge is 0.495 e. The summed E-state index contributed by atoms with van der Waals surface area (Å²) in [5.74, 6) is -0.490. The van der Waals surface area contributed by atoms with Crippen LogP contribution in [0.1, 0.15) is 23.6 Å². The van der Waals surface area contributed by atoms with Gasteiger partial charge in [0.2, 0.25) is 21.8 Å². The molecule has 3 aromatic carbocycles. The molecule has 0 unspecified atom stereocenters. The van der Waals surface area contributed by atoms with E-state index in [1.165, 1.54) is 12.0 Å². The van der Waals surface area contributed by atoms with E-state index in [1.807, 2.05) is 68.4 Å². The molecule has 0 aliphatic heterocycles. The van der Waals surface area contributed by atoms with Gasteiger partial charge in [-0.2, -0.15) is 0 Å². The topological polar surface area (TPSA) is 96.0 Å². The molecule has 9 heteroatoms. The second-order valence-corrected chi connectivity index (χ2v) is 11.0. The summed E-state index contributed by atoms with van der Waals surface area (Å²) in [4.78, 5) is 28.8. The van der Waals surface area contributed by atoms with Crippen molar-refractivity contribution in [3.63, 3.8) is 0 Å². The number of ether oxygens (including phenoxy) is 1. The van der Waals surface area contributed by atoms with Gasteiger partial charge in [0.15, 0.2) is 0 Å². The van der Waals surface area contributed by atoms with Crippen LogP contribution < -0.4 is 14.4 Å². The van der Waals surface area contributed by atoms with Crippen LogP contribution in [0.4, 0.5) is 5.69 Å². The van der Waals surface area contributed by atoms with Crippen LogP contribution in [0, 0.1) is 6.92 Å². The second-order valence-electron chi connectivity index (χ2n) is 9.05. The molecule has 8 nitrogen and oxygen atoms in total. The molecule has 202 valence electrons. The first-order valence-electron chi connectivity index (χ1n) is 12.4.